The van der Waals surface area contributed by atoms with Crippen LogP contribution in [0.5, 0.6) is 0 Å². The Labute approximate surface area is 149 Å². The highest BCUT2D eigenvalue weighted by molar-refractivity contribution is 7.99. The molecule has 0 saturated heterocycles. The number of imidazole rings is 1. The highest BCUT2D eigenvalue weighted by Crippen LogP contribution is 2.21. The van der Waals surface area contributed by atoms with Gasteiger partial charge < -0.3 is 10.6 Å². The summed E-state index contributed by atoms with van der Waals surface area (Å²) < 4.78 is 1.94. The fraction of sp³-hybridized carbons (Fsp3) is 0.167. The molecule has 0 saturated carbocycles. The first-order valence-electron chi connectivity index (χ1n) is 7.84. The van der Waals surface area contributed by atoms with Gasteiger partial charge in [0, 0.05) is 24.8 Å². The molecule has 0 aliphatic carbocycles. The summed E-state index contributed by atoms with van der Waals surface area (Å²) in [5.74, 6) is -0.299. The molecule has 6 nitrogen and oxygen atoms in total. The van der Waals surface area contributed by atoms with Crippen molar-refractivity contribution < 1.29 is 9.59 Å². The van der Waals surface area contributed by atoms with Gasteiger partial charge in [-0.3, -0.25) is 14.0 Å². The van der Waals surface area contributed by atoms with Gasteiger partial charge in [-0.15, -0.1) is 0 Å². The van der Waals surface area contributed by atoms with E-state index in [-0.39, 0.29) is 24.6 Å². The van der Waals surface area contributed by atoms with Crippen LogP contribution in [0.2, 0.25) is 0 Å². The van der Waals surface area contributed by atoms with Crippen LogP contribution in [0.4, 0.5) is 5.69 Å². The summed E-state index contributed by atoms with van der Waals surface area (Å²) in [5, 5.41) is 0.756. The monoisotopic (exact) mass is 354 g/mol. The number of primary amides is 1. The fourth-order valence-corrected chi connectivity index (χ4v) is 3.30. The first kappa shape index (κ1) is 17.0. The Bertz CT molecular complexity index is 879. The molecule has 0 atom stereocenters. The van der Waals surface area contributed by atoms with Crippen LogP contribution < -0.4 is 10.6 Å². The Hall–Kier alpha value is -2.80. The van der Waals surface area contributed by atoms with Crippen LogP contribution in [0.1, 0.15) is 6.42 Å². The molecule has 0 aliphatic heterocycles. The smallest absolute Gasteiger partial charge is 0.237 e. The molecule has 3 aromatic rings. The Morgan fingerprint density at radius 3 is 2.64 bits per heavy atom. The molecule has 0 radical (unpaired) electrons. The van der Waals surface area contributed by atoms with Crippen LogP contribution in [0, 0.1) is 0 Å². The van der Waals surface area contributed by atoms with Crippen LogP contribution in [-0.2, 0) is 9.59 Å². The quantitative estimate of drug-likeness (QED) is 0.660. The van der Waals surface area contributed by atoms with Gasteiger partial charge in [0.1, 0.15) is 0 Å². The number of para-hydroxylation sites is 1. The van der Waals surface area contributed by atoms with Crippen molar-refractivity contribution in [1.82, 2.24) is 9.38 Å². The summed E-state index contributed by atoms with van der Waals surface area (Å²) in [6, 6.07) is 15.1. The zero-order valence-corrected chi connectivity index (χ0v) is 14.4. The van der Waals surface area contributed by atoms with E-state index in [4.69, 9.17) is 5.73 Å². The number of hydrogen-bond acceptors (Lipinski definition) is 4. The number of nitrogens with two attached hydrogens (primary N) is 1. The highest BCUT2D eigenvalue weighted by atomic mass is 32.2. The van der Waals surface area contributed by atoms with Crippen molar-refractivity contribution >= 4 is 34.8 Å². The van der Waals surface area contributed by atoms with Crippen molar-refractivity contribution in [2.24, 2.45) is 5.73 Å². The third-order valence-corrected chi connectivity index (χ3v) is 4.63. The second kappa shape index (κ2) is 7.85. The standard InChI is InChI=1S/C18H18N4O2S/c19-16(23)9-11-21(14-6-2-1-3-7-14)17(24)13-25-18-20-12-15-8-4-5-10-22(15)18/h1-8,10,12H,9,11,13H2,(H2,19,23). The van der Waals surface area contributed by atoms with Crippen LogP contribution in [-0.4, -0.2) is 33.5 Å². The molecule has 2 N–H and O–H groups in total. The summed E-state index contributed by atoms with van der Waals surface area (Å²) in [5.41, 5.74) is 6.97. The van der Waals surface area contributed by atoms with Gasteiger partial charge in [-0.25, -0.2) is 4.98 Å². The van der Waals surface area contributed by atoms with Gasteiger partial charge in [-0.1, -0.05) is 36.0 Å². The van der Waals surface area contributed by atoms with E-state index in [1.807, 2.05) is 59.1 Å². The molecule has 2 heterocycles. The Balaban J connectivity index is 1.72. The normalized spacial score (nSPS) is 10.7. The number of nitrogens with zero attached hydrogens (tertiary/aromatic N) is 3. The largest absolute Gasteiger partial charge is 0.370 e. The molecule has 1 aromatic carbocycles. The molecule has 0 spiro atoms. The second-order valence-corrected chi connectivity index (χ2v) is 6.36. The lowest BCUT2D eigenvalue weighted by molar-refractivity contribution is -0.118. The number of amides is 2. The number of carbonyl (C=O) groups excluding carboxylic acids is 2. The Kier molecular flexibility index (Phi) is 5.35. The van der Waals surface area contributed by atoms with Gasteiger partial charge in [0.25, 0.3) is 0 Å². The number of pyridine rings is 1. The third kappa shape index (κ3) is 4.19. The summed E-state index contributed by atoms with van der Waals surface area (Å²) in [4.78, 5) is 29.8. The number of aromatic nitrogens is 2. The Morgan fingerprint density at radius 1 is 1.12 bits per heavy atom. The molecule has 2 aromatic heterocycles. The van der Waals surface area contributed by atoms with Crippen molar-refractivity contribution in [2.45, 2.75) is 11.6 Å². The minimum Gasteiger partial charge on any atom is -0.370 e. The van der Waals surface area contributed by atoms with Crippen molar-refractivity contribution in [3.05, 3.63) is 60.9 Å². The number of anilines is 1. The number of hydrogen-bond donors (Lipinski definition) is 1. The molecule has 0 bridgehead atoms. The average molecular weight is 354 g/mol. The zero-order valence-electron chi connectivity index (χ0n) is 13.5. The van der Waals surface area contributed by atoms with Gasteiger partial charge in [-0.05, 0) is 24.3 Å². The molecule has 0 fully saturated rings. The van der Waals surface area contributed by atoms with E-state index in [0.29, 0.717) is 0 Å². The van der Waals surface area contributed by atoms with E-state index in [1.54, 1.807) is 11.1 Å². The van der Waals surface area contributed by atoms with Crippen LogP contribution in [0.25, 0.3) is 5.52 Å². The lowest BCUT2D eigenvalue weighted by Crippen LogP contribution is -2.35. The first-order valence-corrected chi connectivity index (χ1v) is 8.82. The number of fused-ring (bicyclic) bond motifs is 1. The minimum absolute atomic E-state index is 0.0925. The van der Waals surface area contributed by atoms with E-state index in [2.05, 4.69) is 4.98 Å². The van der Waals surface area contributed by atoms with Gasteiger partial charge in [0.05, 0.1) is 17.5 Å². The zero-order chi connectivity index (χ0) is 17.6. The highest BCUT2D eigenvalue weighted by Gasteiger charge is 2.17. The predicted octanol–water partition coefficient (Wildman–Crippen LogP) is 2.33. The summed E-state index contributed by atoms with van der Waals surface area (Å²) in [6.07, 6.45) is 3.81. The number of carbonyl (C=O) groups is 2. The molecule has 0 aliphatic rings. The van der Waals surface area contributed by atoms with E-state index in [0.717, 1.165) is 16.4 Å². The molecular formula is C18H18N4O2S. The molecular weight excluding hydrogens is 336 g/mol. The van der Waals surface area contributed by atoms with Crippen molar-refractivity contribution in [3.8, 4) is 0 Å². The van der Waals surface area contributed by atoms with Crippen molar-refractivity contribution in [3.63, 3.8) is 0 Å². The summed E-state index contributed by atoms with van der Waals surface area (Å²) in [6.45, 7) is 0.265. The van der Waals surface area contributed by atoms with E-state index in [1.165, 1.54) is 11.8 Å². The lowest BCUT2D eigenvalue weighted by Gasteiger charge is -2.22. The van der Waals surface area contributed by atoms with Gasteiger partial charge >= 0.3 is 0 Å². The summed E-state index contributed by atoms with van der Waals surface area (Å²) >= 11 is 1.37. The maximum atomic E-state index is 12.7. The second-order valence-electron chi connectivity index (χ2n) is 5.42. The van der Waals surface area contributed by atoms with Crippen LogP contribution in [0.15, 0.2) is 66.1 Å². The number of thioether (sulfide) groups is 1. The first-order chi connectivity index (χ1) is 12.1. The third-order valence-electron chi connectivity index (χ3n) is 3.68. The number of rotatable bonds is 7. The van der Waals surface area contributed by atoms with Gasteiger partial charge in [0.2, 0.25) is 11.8 Å². The Morgan fingerprint density at radius 2 is 1.88 bits per heavy atom. The maximum absolute atomic E-state index is 12.7. The molecule has 7 heteroatoms. The lowest BCUT2D eigenvalue weighted by atomic mass is 10.2. The number of benzene rings is 1. The average Bonchev–Trinajstić information content (AvgIpc) is 3.04. The van der Waals surface area contributed by atoms with E-state index in [9.17, 15) is 9.59 Å². The summed E-state index contributed by atoms with van der Waals surface area (Å²) in [7, 11) is 0. The van der Waals surface area contributed by atoms with E-state index < -0.39 is 5.91 Å². The topological polar surface area (TPSA) is 80.7 Å². The molecule has 128 valence electrons. The molecule has 0 unspecified atom stereocenters. The van der Waals surface area contributed by atoms with Crippen molar-refractivity contribution in [2.75, 3.05) is 17.2 Å². The van der Waals surface area contributed by atoms with Gasteiger partial charge in [0.15, 0.2) is 5.16 Å². The maximum Gasteiger partial charge on any atom is 0.237 e. The predicted molar refractivity (Wildman–Crippen MR) is 98.5 cm³/mol. The fourth-order valence-electron chi connectivity index (χ4n) is 2.46. The SMILES string of the molecule is NC(=O)CCN(C(=O)CSc1ncc2ccccn12)c1ccccc1. The molecule has 2 amide bonds. The molecule has 3 rings (SSSR count). The van der Waals surface area contributed by atoms with Gasteiger partial charge in [-0.2, -0.15) is 0 Å². The molecule has 25 heavy (non-hydrogen) atoms. The van der Waals surface area contributed by atoms with Crippen LogP contribution in [0.3, 0.4) is 0 Å². The van der Waals surface area contributed by atoms with Crippen molar-refractivity contribution in [1.29, 1.82) is 0 Å². The minimum atomic E-state index is -0.430. The van der Waals surface area contributed by atoms with Crippen LogP contribution >= 0.6 is 11.8 Å². The van der Waals surface area contributed by atoms with E-state index >= 15 is 0 Å².